The molecule has 1 aromatic heterocycles. The summed E-state index contributed by atoms with van der Waals surface area (Å²) in [5.74, 6) is 0.941. The van der Waals surface area contributed by atoms with Crippen LogP contribution in [0.2, 0.25) is 0 Å². The Morgan fingerprint density at radius 1 is 1.33 bits per heavy atom. The maximum Gasteiger partial charge on any atom is 0.135 e. The third kappa shape index (κ3) is 2.32. The first-order chi connectivity index (χ1) is 7.42. The lowest BCUT2D eigenvalue weighted by Gasteiger charge is -2.28. The number of nitrogens with zero attached hydrogens (tertiary/aromatic N) is 3. The standard InChI is InChI=1S/C11H15N3O/c15-7-4-10-8-12-9-13-11(10)14-5-2-1-3-6-14/h7-9H,1-6H2. The molecule has 0 saturated carbocycles. The first-order valence-electron chi connectivity index (χ1n) is 5.39. The Morgan fingerprint density at radius 3 is 2.87 bits per heavy atom. The lowest BCUT2D eigenvalue weighted by Crippen LogP contribution is -2.31. The molecule has 0 unspecified atom stereocenters. The van der Waals surface area contributed by atoms with Gasteiger partial charge in [0.1, 0.15) is 18.4 Å². The molecular weight excluding hydrogens is 190 g/mol. The maximum absolute atomic E-state index is 10.5. The highest BCUT2D eigenvalue weighted by molar-refractivity contribution is 5.60. The van der Waals surface area contributed by atoms with Gasteiger partial charge in [-0.05, 0) is 19.3 Å². The highest BCUT2D eigenvalue weighted by Crippen LogP contribution is 2.20. The minimum Gasteiger partial charge on any atom is -0.356 e. The van der Waals surface area contributed by atoms with Gasteiger partial charge in [0.05, 0.1) is 0 Å². The van der Waals surface area contributed by atoms with E-state index < -0.39 is 0 Å². The van der Waals surface area contributed by atoms with Crippen molar-refractivity contribution in [1.29, 1.82) is 0 Å². The quantitative estimate of drug-likeness (QED) is 0.696. The Bertz CT molecular complexity index is 334. The first-order valence-corrected chi connectivity index (χ1v) is 5.39. The molecule has 2 heterocycles. The van der Waals surface area contributed by atoms with E-state index in [4.69, 9.17) is 0 Å². The molecule has 2 rings (SSSR count). The van der Waals surface area contributed by atoms with Crippen molar-refractivity contribution in [2.75, 3.05) is 18.0 Å². The Labute approximate surface area is 89.3 Å². The molecule has 0 N–H and O–H groups in total. The van der Waals surface area contributed by atoms with E-state index in [1.54, 1.807) is 12.5 Å². The van der Waals surface area contributed by atoms with Crippen molar-refractivity contribution in [2.24, 2.45) is 0 Å². The largest absolute Gasteiger partial charge is 0.356 e. The van der Waals surface area contributed by atoms with E-state index in [-0.39, 0.29) is 0 Å². The second-order valence-corrected chi connectivity index (χ2v) is 3.79. The van der Waals surface area contributed by atoms with E-state index in [0.717, 1.165) is 30.8 Å². The van der Waals surface area contributed by atoms with Crippen molar-refractivity contribution in [1.82, 2.24) is 9.97 Å². The third-order valence-corrected chi connectivity index (χ3v) is 2.72. The van der Waals surface area contributed by atoms with Crippen molar-refractivity contribution in [2.45, 2.75) is 25.7 Å². The van der Waals surface area contributed by atoms with Gasteiger partial charge in [0, 0.05) is 31.3 Å². The summed E-state index contributed by atoms with van der Waals surface area (Å²) in [5.41, 5.74) is 0.939. The van der Waals surface area contributed by atoms with Crippen LogP contribution in [0.1, 0.15) is 24.8 Å². The molecule has 4 nitrogen and oxygen atoms in total. The van der Waals surface area contributed by atoms with E-state index in [1.807, 2.05) is 0 Å². The van der Waals surface area contributed by atoms with Crippen LogP contribution in [0.15, 0.2) is 12.5 Å². The molecule has 1 aliphatic rings. The summed E-state index contributed by atoms with van der Waals surface area (Å²) in [5, 5.41) is 0. The molecule has 1 aliphatic heterocycles. The molecule has 1 fully saturated rings. The van der Waals surface area contributed by atoms with E-state index >= 15 is 0 Å². The summed E-state index contributed by atoms with van der Waals surface area (Å²) in [4.78, 5) is 21.0. The van der Waals surface area contributed by atoms with Gasteiger partial charge in [0.25, 0.3) is 0 Å². The molecule has 0 amide bonds. The van der Waals surface area contributed by atoms with Gasteiger partial charge in [-0.15, -0.1) is 0 Å². The topological polar surface area (TPSA) is 46.1 Å². The van der Waals surface area contributed by atoms with Crippen LogP contribution < -0.4 is 4.90 Å². The molecule has 0 atom stereocenters. The number of aldehydes is 1. The van der Waals surface area contributed by atoms with Gasteiger partial charge < -0.3 is 9.69 Å². The number of piperidine rings is 1. The SMILES string of the molecule is O=CCc1cncnc1N1CCCCC1. The minimum atomic E-state index is 0.409. The van der Waals surface area contributed by atoms with Crippen molar-refractivity contribution in [3.63, 3.8) is 0 Å². The van der Waals surface area contributed by atoms with Crippen LogP contribution in [-0.4, -0.2) is 29.3 Å². The minimum absolute atomic E-state index is 0.409. The average Bonchev–Trinajstić information content (AvgIpc) is 2.31. The van der Waals surface area contributed by atoms with Crippen molar-refractivity contribution in [3.8, 4) is 0 Å². The Balaban J connectivity index is 2.20. The second kappa shape index (κ2) is 4.87. The van der Waals surface area contributed by atoms with E-state index in [9.17, 15) is 4.79 Å². The molecular formula is C11H15N3O. The Hall–Kier alpha value is -1.45. The van der Waals surface area contributed by atoms with Crippen molar-refractivity contribution < 1.29 is 4.79 Å². The molecule has 0 radical (unpaired) electrons. The Kier molecular flexibility index (Phi) is 3.27. The number of hydrogen-bond donors (Lipinski definition) is 0. The summed E-state index contributed by atoms with van der Waals surface area (Å²) >= 11 is 0. The van der Waals surface area contributed by atoms with Crippen molar-refractivity contribution in [3.05, 3.63) is 18.1 Å². The fraction of sp³-hybridized carbons (Fsp3) is 0.545. The van der Waals surface area contributed by atoms with Crippen LogP contribution in [0.25, 0.3) is 0 Å². The summed E-state index contributed by atoms with van der Waals surface area (Å²) in [6, 6.07) is 0. The predicted molar refractivity (Wildman–Crippen MR) is 57.9 cm³/mol. The normalized spacial score (nSPS) is 16.4. The van der Waals surface area contributed by atoms with Crippen LogP contribution in [0.4, 0.5) is 5.82 Å². The molecule has 0 bridgehead atoms. The summed E-state index contributed by atoms with van der Waals surface area (Å²) in [6.07, 6.45) is 8.34. The molecule has 80 valence electrons. The van der Waals surface area contributed by atoms with E-state index in [2.05, 4.69) is 14.9 Å². The Morgan fingerprint density at radius 2 is 2.13 bits per heavy atom. The van der Waals surface area contributed by atoms with Gasteiger partial charge in [-0.2, -0.15) is 0 Å². The van der Waals surface area contributed by atoms with Crippen LogP contribution in [0.3, 0.4) is 0 Å². The molecule has 4 heteroatoms. The third-order valence-electron chi connectivity index (χ3n) is 2.72. The molecule has 15 heavy (non-hydrogen) atoms. The number of anilines is 1. The molecule has 0 aliphatic carbocycles. The van der Waals surface area contributed by atoms with E-state index in [0.29, 0.717) is 6.42 Å². The van der Waals surface area contributed by atoms with Gasteiger partial charge in [-0.3, -0.25) is 0 Å². The van der Waals surface area contributed by atoms with Gasteiger partial charge in [-0.25, -0.2) is 9.97 Å². The monoisotopic (exact) mass is 205 g/mol. The number of carbonyl (C=O) groups is 1. The van der Waals surface area contributed by atoms with Crippen LogP contribution in [-0.2, 0) is 11.2 Å². The fourth-order valence-electron chi connectivity index (χ4n) is 1.98. The zero-order chi connectivity index (χ0) is 10.5. The lowest BCUT2D eigenvalue weighted by molar-refractivity contribution is -0.107. The lowest BCUT2D eigenvalue weighted by atomic mass is 10.1. The zero-order valence-electron chi connectivity index (χ0n) is 8.72. The van der Waals surface area contributed by atoms with Crippen molar-refractivity contribution >= 4 is 12.1 Å². The first kappa shape index (κ1) is 10.1. The highest BCUT2D eigenvalue weighted by Gasteiger charge is 2.15. The van der Waals surface area contributed by atoms with Crippen LogP contribution in [0, 0.1) is 0 Å². The van der Waals surface area contributed by atoms with Gasteiger partial charge in [0.15, 0.2) is 0 Å². The molecule has 0 aromatic carbocycles. The van der Waals surface area contributed by atoms with Gasteiger partial charge in [-0.1, -0.05) is 0 Å². The molecule has 1 saturated heterocycles. The van der Waals surface area contributed by atoms with Crippen LogP contribution >= 0.6 is 0 Å². The van der Waals surface area contributed by atoms with E-state index in [1.165, 1.54) is 19.3 Å². The van der Waals surface area contributed by atoms with Crippen LogP contribution in [0.5, 0.6) is 0 Å². The number of carbonyl (C=O) groups excluding carboxylic acids is 1. The van der Waals surface area contributed by atoms with Gasteiger partial charge >= 0.3 is 0 Å². The maximum atomic E-state index is 10.5. The molecule has 1 aromatic rings. The zero-order valence-corrected chi connectivity index (χ0v) is 8.72. The predicted octanol–water partition coefficient (Wildman–Crippen LogP) is 1.21. The number of rotatable bonds is 3. The molecule has 0 spiro atoms. The average molecular weight is 205 g/mol. The smallest absolute Gasteiger partial charge is 0.135 e. The summed E-state index contributed by atoms with van der Waals surface area (Å²) in [6.45, 7) is 2.09. The second-order valence-electron chi connectivity index (χ2n) is 3.79. The number of aromatic nitrogens is 2. The highest BCUT2D eigenvalue weighted by atomic mass is 16.1. The van der Waals surface area contributed by atoms with Gasteiger partial charge in [0.2, 0.25) is 0 Å². The summed E-state index contributed by atoms with van der Waals surface area (Å²) < 4.78 is 0. The summed E-state index contributed by atoms with van der Waals surface area (Å²) in [7, 11) is 0. The number of hydrogen-bond acceptors (Lipinski definition) is 4. The fourth-order valence-corrected chi connectivity index (χ4v) is 1.98.